The van der Waals surface area contributed by atoms with E-state index in [2.05, 4.69) is 5.32 Å². The Morgan fingerprint density at radius 3 is 2.68 bits per heavy atom. The second-order valence-corrected chi connectivity index (χ2v) is 6.38. The third kappa shape index (κ3) is 3.59. The summed E-state index contributed by atoms with van der Waals surface area (Å²) in [6.45, 7) is 3.26. The van der Waals surface area contributed by atoms with Gasteiger partial charge < -0.3 is 15.3 Å². The molecule has 1 aliphatic rings. The van der Waals surface area contributed by atoms with E-state index in [1.807, 2.05) is 12.1 Å². The van der Waals surface area contributed by atoms with Gasteiger partial charge in [0.05, 0.1) is 11.4 Å². The molecule has 0 fully saturated rings. The number of nitrogens with one attached hydrogen (secondary N) is 1. The molecule has 2 N–H and O–H groups in total. The van der Waals surface area contributed by atoms with Crippen molar-refractivity contribution in [3.8, 4) is 0 Å². The predicted octanol–water partition coefficient (Wildman–Crippen LogP) is 1.35. The molecule has 7 heteroatoms. The fourth-order valence-corrected chi connectivity index (χ4v) is 3.14. The van der Waals surface area contributed by atoms with E-state index in [1.54, 1.807) is 26.0 Å². The largest absolute Gasteiger partial charge is 0.480 e. The van der Waals surface area contributed by atoms with Gasteiger partial charge in [-0.1, -0.05) is 26.0 Å². The molecular weight excluding hydrogens is 304 g/mol. The lowest BCUT2D eigenvalue weighted by Crippen LogP contribution is -2.50. The topological polar surface area (TPSA) is 86.7 Å². The SMILES string of the molecule is CC(C)C(NC(=O)CN1C(=O)CSc2ccccc21)C(=O)O. The van der Waals surface area contributed by atoms with Crippen molar-refractivity contribution in [2.75, 3.05) is 17.2 Å². The average molecular weight is 322 g/mol. The molecule has 1 aromatic rings. The lowest BCUT2D eigenvalue weighted by molar-refractivity contribution is -0.142. The predicted molar refractivity (Wildman–Crippen MR) is 83.9 cm³/mol. The molecule has 6 nitrogen and oxygen atoms in total. The summed E-state index contributed by atoms with van der Waals surface area (Å²) in [6, 6.07) is 6.39. The molecule has 1 unspecified atom stereocenters. The number of carbonyl (C=O) groups excluding carboxylic acids is 2. The van der Waals surface area contributed by atoms with E-state index in [4.69, 9.17) is 5.11 Å². The van der Waals surface area contributed by atoms with Crippen molar-refractivity contribution in [2.45, 2.75) is 24.8 Å². The van der Waals surface area contributed by atoms with E-state index in [1.165, 1.54) is 16.7 Å². The highest BCUT2D eigenvalue weighted by atomic mass is 32.2. The van der Waals surface area contributed by atoms with E-state index in [0.717, 1.165) is 4.90 Å². The fraction of sp³-hybridized carbons (Fsp3) is 0.400. The van der Waals surface area contributed by atoms with Crippen LogP contribution in [0.15, 0.2) is 29.2 Å². The van der Waals surface area contributed by atoms with Crippen LogP contribution in [0.1, 0.15) is 13.8 Å². The van der Waals surface area contributed by atoms with Crippen LogP contribution in [0.2, 0.25) is 0 Å². The second-order valence-electron chi connectivity index (χ2n) is 5.36. The standard InChI is InChI=1S/C15H18N2O4S/c1-9(2)14(15(20)21)16-12(18)7-17-10-5-3-4-6-11(10)22-8-13(17)19/h3-6,9,14H,7-8H2,1-2H3,(H,16,18)(H,20,21). The third-order valence-corrected chi connectivity index (χ3v) is 4.41. The maximum Gasteiger partial charge on any atom is 0.326 e. The summed E-state index contributed by atoms with van der Waals surface area (Å²) in [6.07, 6.45) is 0. The Kier molecular flexibility index (Phi) is 5.07. The normalized spacial score (nSPS) is 15.4. The zero-order valence-corrected chi connectivity index (χ0v) is 13.2. The molecule has 0 radical (unpaired) electrons. The van der Waals surface area contributed by atoms with E-state index in [9.17, 15) is 14.4 Å². The minimum absolute atomic E-state index is 0.157. The lowest BCUT2D eigenvalue weighted by atomic mass is 10.0. The van der Waals surface area contributed by atoms with Crippen molar-refractivity contribution in [2.24, 2.45) is 5.92 Å². The van der Waals surface area contributed by atoms with Crippen molar-refractivity contribution in [1.29, 1.82) is 0 Å². The van der Waals surface area contributed by atoms with Gasteiger partial charge in [-0.2, -0.15) is 0 Å². The number of anilines is 1. The Hall–Kier alpha value is -2.02. The number of carboxylic acids is 1. The molecule has 22 heavy (non-hydrogen) atoms. The van der Waals surface area contributed by atoms with Crippen LogP contribution in [0.25, 0.3) is 0 Å². The highest BCUT2D eigenvalue weighted by Crippen LogP contribution is 2.34. The van der Waals surface area contributed by atoms with Gasteiger partial charge in [0.25, 0.3) is 0 Å². The number of thioether (sulfide) groups is 1. The van der Waals surface area contributed by atoms with Crippen LogP contribution in [-0.2, 0) is 14.4 Å². The van der Waals surface area contributed by atoms with E-state index < -0.39 is 17.9 Å². The first-order chi connectivity index (χ1) is 10.4. The maximum absolute atomic E-state index is 12.1. The number of benzene rings is 1. The number of fused-ring (bicyclic) bond motifs is 1. The van der Waals surface area contributed by atoms with E-state index in [0.29, 0.717) is 5.69 Å². The van der Waals surface area contributed by atoms with Gasteiger partial charge in [0.2, 0.25) is 11.8 Å². The molecular formula is C15H18N2O4S. The molecule has 1 aliphatic heterocycles. The number of carboxylic acid groups (broad SMARTS) is 1. The Bertz CT molecular complexity index is 603. The van der Waals surface area contributed by atoms with Crippen molar-refractivity contribution < 1.29 is 19.5 Å². The van der Waals surface area contributed by atoms with Crippen molar-refractivity contribution >= 4 is 35.2 Å². The molecule has 0 aliphatic carbocycles. The molecule has 1 heterocycles. The molecule has 2 rings (SSSR count). The number of carbonyl (C=O) groups is 3. The number of amides is 2. The second kappa shape index (κ2) is 6.83. The zero-order valence-electron chi connectivity index (χ0n) is 12.4. The monoisotopic (exact) mass is 322 g/mol. The van der Waals surface area contributed by atoms with Crippen LogP contribution in [0.4, 0.5) is 5.69 Å². The number of hydrogen-bond donors (Lipinski definition) is 2. The summed E-state index contributed by atoms with van der Waals surface area (Å²) in [5.41, 5.74) is 0.690. The van der Waals surface area contributed by atoms with Gasteiger partial charge in [0, 0.05) is 4.90 Å². The van der Waals surface area contributed by atoms with Crippen molar-refractivity contribution in [1.82, 2.24) is 5.32 Å². The number of para-hydroxylation sites is 1. The summed E-state index contributed by atoms with van der Waals surface area (Å²) in [7, 11) is 0. The van der Waals surface area contributed by atoms with Gasteiger partial charge in [-0.15, -0.1) is 11.8 Å². The minimum atomic E-state index is -1.08. The summed E-state index contributed by atoms with van der Waals surface area (Å²) >= 11 is 1.43. The maximum atomic E-state index is 12.1. The number of nitrogens with zero attached hydrogens (tertiary/aromatic N) is 1. The van der Waals surface area contributed by atoms with Gasteiger partial charge >= 0.3 is 5.97 Å². The quantitative estimate of drug-likeness (QED) is 0.854. The Labute approximate surface area is 132 Å². The van der Waals surface area contributed by atoms with Gasteiger partial charge in [-0.05, 0) is 18.1 Å². The summed E-state index contributed by atoms with van der Waals surface area (Å²) in [4.78, 5) is 37.6. The van der Waals surface area contributed by atoms with Crippen LogP contribution in [0.3, 0.4) is 0 Å². The molecule has 1 atom stereocenters. The molecule has 0 saturated heterocycles. The minimum Gasteiger partial charge on any atom is -0.480 e. The molecule has 0 bridgehead atoms. The first kappa shape index (κ1) is 16.4. The van der Waals surface area contributed by atoms with Crippen molar-refractivity contribution in [3.63, 3.8) is 0 Å². The Morgan fingerprint density at radius 2 is 2.05 bits per heavy atom. The van der Waals surface area contributed by atoms with Gasteiger partial charge in [-0.25, -0.2) is 4.79 Å². The number of rotatable bonds is 5. The smallest absolute Gasteiger partial charge is 0.326 e. The summed E-state index contributed by atoms with van der Waals surface area (Å²) in [5, 5.41) is 11.6. The van der Waals surface area contributed by atoms with Crippen LogP contribution in [0.5, 0.6) is 0 Å². The molecule has 1 aromatic carbocycles. The molecule has 118 valence electrons. The van der Waals surface area contributed by atoms with Crippen LogP contribution < -0.4 is 10.2 Å². The first-order valence-electron chi connectivity index (χ1n) is 6.94. The van der Waals surface area contributed by atoms with Crippen LogP contribution in [0, 0.1) is 5.92 Å². The van der Waals surface area contributed by atoms with Crippen LogP contribution in [-0.4, -0.2) is 41.2 Å². The lowest BCUT2D eigenvalue weighted by Gasteiger charge is -2.29. The zero-order chi connectivity index (χ0) is 16.3. The highest BCUT2D eigenvalue weighted by Gasteiger charge is 2.29. The first-order valence-corrected chi connectivity index (χ1v) is 7.93. The van der Waals surface area contributed by atoms with Gasteiger partial charge in [0.15, 0.2) is 0 Å². The number of hydrogen-bond acceptors (Lipinski definition) is 4. The third-order valence-electron chi connectivity index (χ3n) is 3.36. The average Bonchev–Trinajstić information content (AvgIpc) is 2.47. The summed E-state index contributed by atoms with van der Waals surface area (Å²) < 4.78 is 0. The molecule has 0 saturated carbocycles. The summed E-state index contributed by atoms with van der Waals surface area (Å²) in [5.74, 6) is -1.67. The Morgan fingerprint density at radius 1 is 1.36 bits per heavy atom. The molecule has 0 spiro atoms. The highest BCUT2D eigenvalue weighted by molar-refractivity contribution is 8.00. The van der Waals surface area contributed by atoms with Crippen LogP contribution >= 0.6 is 11.8 Å². The van der Waals surface area contributed by atoms with Gasteiger partial charge in [-0.3, -0.25) is 9.59 Å². The van der Waals surface area contributed by atoms with Gasteiger partial charge in [0.1, 0.15) is 12.6 Å². The fourth-order valence-electron chi connectivity index (χ4n) is 2.20. The molecule has 0 aromatic heterocycles. The van der Waals surface area contributed by atoms with Crippen molar-refractivity contribution in [3.05, 3.63) is 24.3 Å². The Balaban J connectivity index is 2.11. The van der Waals surface area contributed by atoms with E-state index in [-0.39, 0.29) is 24.1 Å². The molecule has 2 amide bonds. The number of aliphatic carboxylic acids is 1. The van der Waals surface area contributed by atoms with E-state index >= 15 is 0 Å².